The van der Waals surface area contributed by atoms with Gasteiger partial charge in [-0.25, -0.2) is 8.78 Å². The van der Waals surface area contributed by atoms with Gasteiger partial charge < -0.3 is 5.32 Å². The summed E-state index contributed by atoms with van der Waals surface area (Å²) >= 11 is 0. The largest absolute Gasteiger partial charge is 0.306 e. The molecular formula is C11H19F2N. The lowest BCUT2D eigenvalue weighted by atomic mass is 9.94. The Hall–Kier alpha value is -0.180. The minimum atomic E-state index is -2.60. The summed E-state index contributed by atoms with van der Waals surface area (Å²) in [4.78, 5) is 0. The molecule has 0 aromatic rings. The molecule has 2 rings (SSSR count). The fourth-order valence-electron chi connectivity index (χ4n) is 2.58. The fraction of sp³-hybridized carbons (Fsp3) is 1.00. The van der Waals surface area contributed by atoms with Crippen LogP contribution in [0.3, 0.4) is 0 Å². The van der Waals surface area contributed by atoms with Crippen molar-refractivity contribution in [2.24, 2.45) is 11.8 Å². The van der Waals surface area contributed by atoms with Gasteiger partial charge in [-0.3, -0.25) is 0 Å². The van der Waals surface area contributed by atoms with E-state index in [0.717, 1.165) is 19.3 Å². The van der Waals surface area contributed by atoms with Crippen LogP contribution in [0.2, 0.25) is 0 Å². The number of hydrogen-bond donors (Lipinski definition) is 1. The molecule has 0 radical (unpaired) electrons. The summed E-state index contributed by atoms with van der Waals surface area (Å²) in [5, 5.41) is 3.10. The van der Waals surface area contributed by atoms with Crippen LogP contribution in [0.15, 0.2) is 0 Å². The maximum atomic E-state index is 12.9. The molecule has 1 N–H and O–H groups in total. The van der Waals surface area contributed by atoms with Crippen molar-refractivity contribution in [2.75, 3.05) is 0 Å². The molecule has 0 bridgehead atoms. The highest BCUT2D eigenvalue weighted by molar-refractivity contribution is 4.99. The summed E-state index contributed by atoms with van der Waals surface area (Å²) in [5.41, 5.74) is 0. The zero-order valence-electron chi connectivity index (χ0n) is 8.89. The Bertz CT molecular complexity index is 212. The second kappa shape index (κ2) is 3.44. The van der Waals surface area contributed by atoms with Gasteiger partial charge in [0.2, 0.25) is 0 Å². The zero-order valence-corrected chi connectivity index (χ0v) is 8.89. The van der Waals surface area contributed by atoms with Crippen LogP contribution in [-0.4, -0.2) is 18.0 Å². The van der Waals surface area contributed by atoms with E-state index in [0.29, 0.717) is 12.0 Å². The highest BCUT2D eigenvalue weighted by Gasteiger charge is 2.46. The van der Waals surface area contributed by atoms with Gasteiger partial charge in [0, 0.05) is 13.0 Å². The molecule has 0 aromatic heterocycles. The first-order valence-corrected chi connectivity index (χ1v) is 5.62. The predicted molar refractivity (Wildman–Crippen MR) is 52.5 cm³/mol. The highest BCUT2D eigenvalue weighted by atomic mass is 19.3. The van der Waals surface area contributed by atoms with Crippen molar-refractivity contribution in [3.8, 4) is 0 Å². The summed E-state index contributed by atoms with van der Waals surface area (Å²) in [5.74, 6) is -1.05. The minimum Gasteiger partial charge on any atom is -0.306 e. The van der Waals surface area contributed by atoms with Gasteiger partial charge >= 0.3 is 0 Å². The molecule has 14 heavy (non-hydrogen) atoms. The fourth-order valence-corrected chi connectivity index (χ4v) is 2.58. The molecule has 2 aliphatic carbocycles. The van der Waals surface area contributed by atoms with Crippen LogP contribution in [0, 0.1) is 11.8 Å². The standard InChI is InChI=1S/C11H19F2N/c1-7(11(2,12)13)14-10-5-3-4-8-6-9(8)10/h7-10,14H,3-6H2,1-2H3. The van der Waals surface area contributed by atoms with Gasteiger partial charge in [-0.1, -0.05) is 12.8 Å². The van der Waals surface area contributed by atoms with Gasteiger partial charge in [-0.05, 0) is 31.6 Å². The summed E-state index contributed by atoms with van der Waals surface area (Å²) in [6, 6.07) is -0.332. The molecule has 1 nitrogen and oxygen atoms in total. The topological polar surface area (TPSA) is 12.0 Å². The van der Waals surface area contributed by atoms with Gasteiger partial charge in [0.1, 0.15) is 0 Å². The molecule has 0 saturated heterocycles. The van der Waals surface area contributed by atoms with Crippen LogP contribution in [0.5, 0.6) is 0 Å². The third kappa shape index (κ3) is 2.08. The monoisotopic (exact) mass is 203 g/mol. The van der Waals surface area contributed by atoms with Crippen LogP contribution in [0.25, 0.3) is 0 Å². The van der Waals surface area contributed by atoms with Gasteiger partial charge in [0.25, 0.3) is 5.92 Å². The summed E-state index contributed by atoms with van der Waals surface area (Å²) < 4.78 is 25.9. The number of fused-ring (bicyclic) bond motifs is 1. The quantitative estimate of drug-likeness (QED) is 0.743. The Morgan fingerprint density at radius 1 is 1.36 bits per heavy atom. The maximum absolute atomic E-state index is 12.9. The Kier molecular flexibility index (Phi) is 2.54. The van der Waals surface area contributed by atoms with Crippen LogP contribution in [-0.2, 0) is 0 Å². The molecule has 2 fully saturated rings. The first-order chi connectivity index (χ1) is 6.48. The number of halogens is 2. The lowest BCUT2D eigenvalue weighted by Gasteiger charge is -2.29. The van der Waals surface area contributed by atoms with Gasteiger partial charge in [0.05, 0.1) is 6.04 Å². The predicted octanol–water partition coefficient (Wildman–Crippen LogP) is 2.81. The first kappa shape index (κ1) is 10.3. The molecular weight excluding hydrogens is 184 g/mol. The Balaban J connectivity index is 1.85. The van der Waals surface area contributed by atoms with Crippen molar-refractivity contribution in [3.05, 3.63) is 0 Å². The van der Waals surface area contributed by atoms with Crippen LogP contribution >= 0.6 is 0 Å². The van der Waals surface area contributed by atoms with E-state index in [9.17, 15) is 8.78 Å². The van der Waals surface area contributed by atoms with Gasteiger partial charge in [0.15, 0.2) is 0 Å². The molecule has 4 unspecified atom stereocenters. The first-order valence-electron chi connectivity index (χ1n) is 5.62. The van der Waals surface area contributed by atoms with E-state index in [1.165, 1.54) is 19.3 Å². The normalized spacial score (nSPS) is 39.0. The van der Waals surface area contributed by atoms with Crippen LogP contribution in [0.1, 0.15) is 39.5 Å². The van der Waals surface area contributed by atoms with E-state index < -0.39 is 12.0 Å². The lowest BCUT2D eigenvalue weighted by molar-refractivity contribution is -0.0178. The number of nitrogens with one attached hydrogen (secondary N) is 1. The minimum absolute atomic E-state index is 0.356. The summed E-state index contributed by atoms with van der Waals surface area (Å²) in [7, 11) is 0. The van der Waals surface area contributed by atoms with Crippen molar-refractivity contribution in [1.82, 2.24) is 5.32 Å². The summed E-state index contributed by atoms with van der Waals surface area (Å²) in [6.45, 7) is 2.59. The highest BCUT2D eigenvalue weighted by Crippen LogP contribution is 2.49. The molecule has 2 aliphatic rings. The second-order valence-corrected chi connectivity index (χ2v) is 5.04. The van der Waals surface area contributed by atoms with Gasteiger partial charge in [-0.2, -0.15) is 0 Å². The third-order valence-corrected chi connectivity index (χ3v) is 3.81. The zero-order chi connectivity index (χ0) is 10.3. The van der Waals surface area contributed by atoms with Crippen molar-refractivity contribution < 1.29 is 8.78 Å². The van der Waals surface area contributed by atoms with Gasteiger partial charge in [-0.15, -0.1) is 0 Å². The van der Waals surface area contributed by atoms with Crippen molar-refractivity contribution >= 4 is 0 Å². The SMILES string of the molecule is CC(NC1CCCC2CC21)C(C)(F)F. The van der Waals surface area contributed by atoms with E-state index in [4.69, 9.17) is 0 Å². The molecule has 0 amide bonds. The van der Waals surface area contributed by atoms with E-state index in [2.05, 4.69) is 5.32 Å². The Morgan fingerprint density at radius 2 is 2.07 bits per heavy atom. The van der Waals surface area contributed by atoms with E-state index >= 15 is 0 Å². The molecule has 0 heterocycles. The molecule has 0 aromatic carbocycles. The average Bonchev–Trinajstić information content (AvgIpc) is 2.81. The molecule has 2 saturated carbocycles. The summed E-state index contributed by atoms with van der Waals surface area (Å²) in [6.07, 6.45) is 4.88. The van der Waals surface area contributed by atoms with Crippen LogP contribution in [0.4, 0.5) is 8.78 Å². The smallest absolute Gasteiger partial charge is 0.260 e. The molecule has 82 valence electrons. The molecule has 3 heteroatoms. The number of hydrogen-bond acceptors (Lipinski definition) is 1. The van der Waals surface area contributed by atoms with E-state index in [-0.39, 0.29) is 0 Å². The van der Waals surface area contributed by atoms with Crippen molar-refractivity contribution in [2.45, 2.75) is 57.5 Å². The van der Waals surface area contributed by atoms with Crippen molar-refractivity contribution in [3.63, 3.8) is 0 Å². The third-order valence-electron chi connectivity index (χ3n) is 3.81. The van der Waals surface area contributed by atoms with Crippen LogP contribution < -0.4 is 5.32 Å². The van der Waals surface area contributed by atoms with E-state index in [1.54, 1.807) is 6.92 Å². The molecule has 0 aliphatic heterocycles. The molecule has 4 atom stereocenters. The van der Waals surface area contributed by atoms with Crippen molar-refractivity contribution in [1.29, 1.82) is 0 Å². The average molecular weight is 203 g/mol. The Morgan fingerprint density at radius 3 is 2.71 bits per heavy atom. The van der Waals surface area contributed by atoms with E-state index in [1.807, 2.05) is 0 Å². The number of rotatable bonds is 3. The Labute approximate surface area is 84.3 Å². The maximum Gasteiger partial charge on any atom is 0.260 e. The second-order valence-electron chi connectivity index (χ2n) is 5.04. The molecule has 0 spiro atoms. The lowest BCUT2D eigenvalue weighted by Crippen LogP contribution is -2.47. The number of alkyl halides is 2.